The summed E-state index contributed by atoms with van der Waals surface area (Å²) in [7, 11) is -1.81. The van der Waals surface area contributed by atoms with Crippen molar-refractivity contribution < 1.29 is 35.8 Å². The molecule has 3 rings (SSSR count). The highest BCUT2D eigenvalue weighted by Gasteiger charge is 2.50. The third-order valence-electron chi connectivity index (χ3n) is 5.04. The van der Waals surface area contributed by atoms with Crippen molar-refractivity contribution in [2.45, 2.75) is 6.18 Å². The van der Waals surface area contributed by atoms with Crippen molar-refractivity contribution in [2.24, 2.45) is 5.73 Å². The van der Waals surface area contributed by atoms with Gasteiger partial charge in [-0.15, -0.1) is 0 Å². The number of hydrogen-bond acceptors (Lipinski definition) is 6. The molecule has 1 heterocycles. The molecule has 1 unspecified atom stereocenters. The summed E-state index contributed by atoms with van der Waals surface area (Å²) in [6.07, 6.45) is -0.545. The van der Waals surface area contributed by atoms with Crippen LogP contribution in [0.4, 0.5) is 18.9 Å². The number of halogens is 3. The van der Waals surface area contributed by atoms with Crippen molar-refractivity contribution in [1.82, 2.24) is 3.89 Å². The van der Waals surface area contributed by atoms with E-state index < -0.39 is 25.8 Å². The van der Waals surface area contributed by atoms with Crippen LogP contribution in [-0.2, 0) is 10.0 Å². The van der Waals surface area contributed by atoms with Crippen molar-refractivity contribution in [3.63, 3.8) is 0 Å². The molecular formula is C22H24F3N2O5S+. The van der Waals surface area contributed by atoms with E-state index in [-0.39, 0.29) is 18.8 Å². The first kappa shape index (κ1) is 24.6. The van der Waals surface area contributed by atoms with Crippen molar-refractivity contribution in [3.05, 3.63) is 66.4 Å². The molecule has 1 aliphatic heterocycles. The number of nitrogens with two attached hydrogens (primary N) is 1. The van der Waals surface area contributed by atoms with Crippen LogP contribution in [0.3, 0.4) is 0 Å². The lowest BCUT2D eigenvalue weighted by molar-refractivity contribution is -0.106. The molecule has 0 aromatic heterocycles. The minimum Gasteiger partial charge on any atom is -0.493 e. The van der Waals surface area contributed by atoms with Gasteiger partial charge in [0, 0.05) is 24.3 Å². The van der Waals surface area contributed by atoms with Crippen LogP contribution < -0.4 is 23.8 Å². The fourth-order valence-corrected chi connectivity index (χ4v) is 5.20. The number of methoxy groups -OCH3 is 2. The van der Waals surface area contributed by atoms with Gasteiger partial charge in [-0.05, 0) is 30.3 Å². The van der Waals surface area contributed by atoms with E-state index in [4.69, 9.17) is 19.9 Å². The predicted molar refractivity (Wildman–Crippen MR) is 119 cm³/mol. The number of sulfonamides is 1. The summed E-state index contributed by atoms with van der Waals surface area (Å²) in [6, 6.07) is 10.8. The maximum Gasteiger partial charge on any atom is 0.408 e. The van der Waals surface area contributed by atoms with E-state index in [9.17, 15) is 21.6 Å². The lowest BCUT2D eigenvalue weighted by Gasteiger charge is -2.34. The van der Waals surface area contributed by atoms with E-state index in [1.54, 1.807) is 24.3 Å². The molecule has 0 bridgehead atoms. The maximum absolute atomic E-state index is 13.1. The monoisotopic (exact) mass is 485 g/mol. The fraction of sp³-hybridized carbons (Fsp3) is 0.273. The van der Waals surface area contributed by atoms with Gasteiger partial charge < -0.3 is 19.9 Å². The maximum atomic E-state index is 13.1. The zero-order valence-electron chi connectivity index (χ0n) is 18.0. The Kier molecular flexibility index (Phi) is 7.06. The number of nitrogens with zero attached hydrogens (tertiary/aromatic N) is 1. The Morgan fingerprint density at radius 1 is 1.03 bits per heavy atom. The van der Waals surface area contributed by atoms with Crippen LogP contribution in [0.1, 0.15) is 0 Å². The lowest BCUT2D eigenvalue weighted by atomic mass is 10.2. The molecule has 0 amide bonds. The minimum absolute atomic E-state index is 0.0210. The average molecular weight is 486 g/mol. The highest BCUT2D eigenvalue weighted by atomic mass is 32.2. The second-order valence-electron chi connectivity index (χ2n) is 7.22. The molecule has 0 saturated heterocycles. The predicted octanol–water partition coefficient (Wildman–Crippen LogP) is 4.11. The number of hydrogen-bond donors (Lipinski definition) is 1. The van der Waals surface area contributed by atoms with Gasteiger partial charge in [-0.1, -0.05) is 12.1 Å². The van der Waals surface area contributed by atoms with Gasteiger partial charge in [0.2, 0.25) is 5.75 Å². The van der Waals surface area contributed by atoms with E-state index in [1.165, 1.54) is 50.8 Å². The first-order chi connectivity index (χ1) is 15.5. The Hall–Kier alpha value is -3.02. The molecule has 0 aliphatic carbocycles. The Morgan fingerprint density at radius 3 is 2.15 bits per heavy atom. The zero-order valence-corrected chi connectivity index (χ0v) is 18.8. The molecule has 0 radical (unpaired) electrons. The molecule has 0 fully saturated rings. The quantitative estimate of drug-likeness (QED) is 0.567. The van der Waals surface area contributed by atoms with Crippen molar-refractivity contribution >= 4 is 15.7 Å². The largest absolute Gasteiger partial charge is 0.493 e. The van der Waals surface area contributed by atoms with Gasteiger partial charge >= 0.3 is 16.2 Å². The summed E-state index contributed by atoms with van der Waals surface area (Å²) in [4.78, 5) is 0. The molecule has 0 saturated carbocycles. The van der Waals surface area contributed by atoms with Gasteiger partial charge in [-0.2, -0.15) is 25.5 Å². The summed E-state index contributed by atoms with van der Waals surface area (Å²) in [5.41, 5.74) is 6.18. The summed E-state index contributed by atoms with van der Waals surface area (Å²) in [6.45, 7) is -0.227. The van der Waals surface area contributed by atoms with Gasteiger partial charge in [0.25, 0.3) is 0 Å². The van der Waals surface area contributed by atoms with Gasteiger partial charge in [0.05, 0.1) is 14.2 Å². The van der Waals surface area contributed by atoms with Crippen molar-refractivity contribution in [1.29, 1.82) is 0 Å². The molecule has 1 atom stereocenters. The molecule has 178 valence electrons. The third kappa shape index (κ3) is 5.15. The summed E-state index contributed by atoms with van der Waals surface area (Å²) in [5.74, 6) is -0.546. The van der Waals surface area contributed by atoms with Crippen LogP contribution in [0.2, 0.25) is 0 Å². The summed E-state index contributed by atoms with van der Waals surface area (Å²) in [5, 5.41) is 0. The fourth-order valence-electron chi connectivity index (χ4n) is 3.50. The van der Waals surface area contributed by atoms with E-state index >= 15 is 0 Å². The van der Waals surface area contributed by atoms with Crippen LogP contribution >= 0.6 is 0 Å². The number of quaternary nitrogens is 1. The lowest BCUT2D eigenvalue weighted by Crippen LogP contribution is -2.54. The topological polar surface area (TPSA) is 87.9 Å². The molecule has 11 heteroatoms. The van der Waals surface area contributed by atoms with Crippen LogP contribution in [0, 0.1) is 0 Å². The molecule has 2 aromatic rings. The molecule has 7 nitrogen and oxygen atoms in total. The van der Waals surface area contributed by atoms with E-state index in [0.29, 0.717) is 28.6 Å². The second-order valence-corrected chi connectivity index (χ2v) is 9.32. The smallest absolute Gasteiger partial charge is 0.408 e. The first-order valence-electron chi connectivity index (χ1n) is 9.80. The molecule has 2 aromatic carbocycles. The number of para-hydroxylation sites is 1. The van der Waals surface area contributed by atoms with E-state index in [0.717, 1.165) is 0 Å². The third-order valence-corrected chi connectivity index (χ3v) is 7.19. The Balaban J connectivity index is 2.03. The summed E-state index contributed by atoms with van der Waals surface area (Å²) < 4.78 is 80.8. The summed E-state index contributed by atoms with van der Waals surface area (Å²) >= 11 is 0. The van der Waals surface area contributed by atoms with Gasteiger partial charge in [0.1, 0.15) is 18.5 Å². The van der Waals surface area contributed by atoms with Crippen LogP contribution in [0.5, 0.6) is 23.0 Å². The Morgan fingerprint density at radius 2 is 1.64 bits per heavy atom. The normalized spacial score (nSPS) is 18.5. The number of benzene rings is 2. The van der Waals surface area contributed by atoms with Gasteiger partial charge in [-0.25, -0.2) is 0 Å². The number of rotatable bonds is 8. The highest BCUT2D eigenvalue weighted by Crippen LogP contribution is 2.41. The van der Waals surface area contributed by atoms with Gasteiger partial charge in [-0.3, -0.25) is 0 Å². The zero-order chi connectivity index (χ0) is 24.3. The Labute approximate surface area is 190 Å². The average Bonchev–Trinajstić information content (AvgIpc) is 2.78. The van der Waals surface area contributed by atoms with Crippen LogP contribution in [0.25, 0.3) is 0 Å². The van der Waals surface area contributed by atoms with Crippen LogP contribution in [-0.4, -0.2) is 47.7 Å². The van der Waals surface area contributed by atoms with Crippen molar-refractivity contribution in [2.75, 3.05) is 33.1 Å². The Bertz CT molecular complexity index is 1140. The molecular weight excluding hydrogens is 461 g/mol. The second kappa shape index (κ2) is 9.46. The van der Waals surface area contributed by atoms with Crippen molar-refractivity contribution in [3.8, 4) is 23.0 Å². The molecule has 2 N–H and O–H groups in total. The highest BCUT2D eigenvalue weighted by molar-refractivity contribution is 7.91. The molecule has 33 heavy (non-hydrogen) atoms. The standard InChI is InChI=1S/C22H24F3N2O5S/c1-30-19-6-3-7-20(31-2)21(19)32-18-10-8-17(9-11-18)27(12-4-5-16(13-26)14-27)33(28,29)15-22(23,24)25/h3-11,14H,12-13,15,26H2,1-2H3/q+1. The van der Waals surface area contributed by atoms with Crippen LogP contribution in [0.15, 0.2) is 66.4 Å². The van der Waals surface area contributed by atoms with E-state index in [2.05, 4.69) is 0 Å². The SMILES string of the molecule is COc1cccc(OC)c1Oc1ccc([N+]2(S(=O)(=O)CC(F)(F)F)C=C(CN)C=CC2)cc1. The minimum atomic E-state index is -4.90. The first-order valence-corrected chi connectivity index (χ1v) is 11.4. The van der Waals surface area contributed by atoms with Gasteiger partial charge in [0.15, 0.2) is 22.9 Å². The number of alkyl halides is 3. The molecule has 1 aliphatic rings. The number of ether oxygens (including phenoxy) is 3. The van der Waals surface area contributed by atoms with E-state index in [1.807, 2.05) is 0 Å². The molecule has 0 spiro atoms.